The highest BCUT2D eigenvalue weighted by atomic mass is 16.5. The number of ether oxygens (including phenoxy) is 1. The number of carbonyl (C=O) groups excluding carboxylic acids is 1. The van der Waals surface area contributed by atoms with Crippen LogP contribution >= 0.6 is 0 Å². The second-order valence-electron chi connectivity index (χ2n) is 10.0. The summed E-state index contributed by atoms with van der Waals surface area (Å²) in [6.07, 6.45) is 16.1. The van der Waals surface area contributed by atoms with Crippen LogP contribution in [0.25, 0.3) is 5.57 Å². The van der Waals surface area contributed by atoms with Crippen molar-refractivity contribution >= 4 is 11.5 Å². The van der Waals surface area contributed by atoms with Crippen molar-refractivity contribution in [2.24, 2.45) is 22.7 Å². The highest BCUT2D eigenvalue weighted by Gasteiger charge is 2.54. The van der Waals surface area contributed by atoms with Crippen LogP contribution in [0.1, 0.15) is 51.5 Å². The molecule has 3 aliphatic carbocycles. The first-order chi connectivity index (χ1) is 14.4. The van der Waals surface area contributed by atoms with Gasteiger partial charge in [0.25, 0.3) is 0 Å². The molecule has 30 heavy (non-hydrogen) atoms. The smallest absolute Gasteiger partial charge is 0.246 e. The summed E-state index contributed by atoms with van der Waals surface area (Å²) >= 11 is 0. The fraction of sp³-hybridized carbons (Fsp3) is 0.538. The number of allylic oxidation sites excluding steroid dienone is 5. The predicted molar refractivity (Wildman–Crippen MR) is 119 cm³/mol. The zero-order valence-corrected chi connectivity index (χ0v) is 18.6. The Hall–Kier alpha value is -2.36. The van der Waals surface area contributed by atoms with Crippen molar-refractivity contribution in [2.75, 3.05) is 20.7 Å². The molecule has 4 unspecified atom stereocenters. The second-order valence-corrected chi connectivity index (χ2v) is 10.0. The van der Waals surface area contributed by atoms with E-state index in [1.807, 2.05) is 24.2 Å². The average Bonchev–Trinajstić information content (AvgIpc) is 3.05. The first-order valence-corrected chi connectivity index (χ1v) is 11.3. The van der Waals surface area contributed by atoms with Gasteiger partial charge in [-0.15, -0.1) is 0 Å². The van der Waals surface area contributed by atoms with Gasteiger partial charge in [0.1, 0.15) is 5.75 Å². The molecule has 0 N–H and O–H groups in total. The Morgan fingerprint density at radius 1 is 1.17 bits per heavy atom. The molecule has 1 aliphatic heterocycles. The van der Waals surface area contributed by atoms with Crippen LogP contribution in [0.2, 0.25) is 0 Å². The highest BCUT2D eigenvalue weighted by molar-refractivity contribution is 5.88. The maximum Gasteiger partial charge on any atom is 0.246 e. The third-order valence-electron chi connectivity index (χ3n) is 8.68. The quantitative estimate of drug-likeness (QED) is 0.694. The summed E-state index contributed by atoms with van der Waals surface area (Å²) in [6.45, 7) is 5.71. The molecule has 0 saturated heterocycles. The van der Waals surface area contributed by atoms with Crippen LogP contribution in [-0.2, 0) is 4.79 Å². The summed E-state index contributed by atoms with van der Waals surface area (Å²) in [7, 11) is 3.64. The molecule has 1 amide bonds. The number of aromatic nitrogens is 1. The lowest BCUT2D eigenvalue weighted by molar-refractivity contribution is -0.124. The van der Waals surface area contributed by atoms with Crippen LogP contribution in [-0.4, -0.2) is 36.5 Å². The molecular weight excluding hydrogens is 372 g/mol. The number of amides is 1. The van der Waals surface area contributed by atoms with E-state index in [1.54, 1.807) is 18.9 Å². The molecule has 2 heterocycles. The van der Waals surface area contributed by atoms with Crippen LogP contribution in [0.4, 0.5) is 0 Å². The van der Waals surface area contributed by atoms with Gasteiger partial charge in [-0.1, -0.05) is 37.1 Å². The third kappa shape index (κ3) is 2.72. The van der Waals surface area contributed by atoms with Gasteiger partial charge in [-0.25, -0.2) is 0 Å². The van der Waals surface area contributed by atoms with E-state index in [0.29, 0.717) is 11.8 Å². The molecule has 1 aromatic heterocycles. The molecule has 4 aliphatic rings. The molecular formula is C26H32N2O2. The van der Waals surface area contributed by atoms with Gasteiger partial charge < -0.3 is 9.64 Å². The van der Waals surface area contributed by atoms with Gasteiger partial charge in [-0.3, -0.25) is 9.78 Å². The number of fused-ring (bicyclic) bond motifs is 5. The monoisotopic (exact) mass is 404 g/mol. The van der Waals surface area contributed by atoms with Crippen molar-refractivity contribution in [3.63, 3.8) is 0 Å². The van der Waals surface area contributed by atoms with E-state index in [-0.39, 0.29) is 16.7 Å². The molecule has 0 spiro atoms. The lowest BCUT2D eigenvalue weighted by Gasteiger charge is -2.55. The topological polar surface area (TPSA) is 42.4 Å². The zero-order chi connectivity index (χ0) is 21.1. The number of hydrogen-bond acceptors (Lipinski definition) is 3. The van der Waals surface area contributed by atoms with Gasteiger partial charge in [-0.05, 0) is 61.0 Å². The van der Waals surface area contributed by atoms with Gasteiger partial charge in [0, 0.05) is 36.8 Å². The Labute approximate surface area is 179 Å². The predicted octanol–water partition coefficient (Wildman–Crippen LogP) is 5.03. The Bertz CT molecular complexity index is 991. The first kappa shape index (κ1) is 19.6. The van der Waals surface area contributed by atoms with Crippen molar-refractivity contribution in [1.82, 2.24) is 9.88 Å². The van der Waals surface area contributed by atoms with Crippen molar-refractivity contribution < 1.29 is 9.53 Å². The summed E-state index contributed by atoms with van der Waals surface area (Å²) in [5.74, 6) is 2.21. The first-order valence-electron chi connectivity index (χ1n) is 11.3. The Balaban J connectivity index is 1.47. The molecule has 4 atom stereocenters. The molecule has 5 rings (SSSR count). The Kier molecular flexibility index (Phi) is 4.46. The van der Waals surface area contributed by atoms with Gasteiger partial charge in [0.05, 0.1) is 13.3 Å². The minimum absolute atomic E-state index is 0.0735. The summed E-state index contributed by atoms with van der Waals surface area (Å²) < 4.78 is 5.43. The standard InChI is InChI=1S/C26H32N2O2/c1-25-11-12-28(3)24(29)14-18(25)5-6-20-22-8-7-21(26(22,2)10-9-23(20)25)17-13-19(30-4)16-27-15-17/h7-8,13-16,20,23H,5-6,9-12H2,1-4H3. The molecule has 158 valence electrons. The normalized spacial score (nSPS) is 35.4. The van der Waals surface area contributed by atoms with E-state index in [0.717, 1.165) is 38.0 Å². The van der Waals surface area contributed by atoms with Crippen molar-refractivity contribution in [3.05, 3.63) is 53.4 Å². The number of likely N-dealkylation sites (N-methyl/N-ethyl adjacent to an activating group) is 1. The van der Waals surface area contributed by atoms with Gasteiger partial charge in [0.2, 0.25) is 5.91 Å². The van der Waals surface area contributed by atoms with E-state index in [1.165, 1.54) is 23.1 Å². The van der Waals surface area contributed by atoms with E-state index < -0.39 is 0 Å². The molecule has 2 saturated carbocycles. The summed E-state index contributed by atoms with van der Waals surface area (Å²) in [5, 5.41) is 0. The fourth-order valence-electron chi connectivity index (χ4n) is 6.77. The average molecular weight is 405 g/mol. The van der Waals surface area contributed by atoms with Crippen LogP contribution in [0, 0.1) is 22.7 Å². The number of hydrogen-bond donors (Lipinski definition) is 0. The van der Waals surface area contributed by atoms with E-state index in [2.05, 4.69) is 37.0 Å². The number of pyridine rings is 1. The third-order valence-corrected chi connectivity index (χ3v) is 8.68. The number of nitrogens with zero attached hydrogens (tertiary/aromatic N) is 2. The maximum atomic E-state index is 12.5. The van der Waals surface area contributed by atoms with Gasteiger partial charge in [-0.2, -0.15) is 0 Å². The molecule has 0 bridgehead atoms. The summed E-state index contributed by atoms with van der Waals surface area (Å²) in [4.78, 5) is 18.8. The molecule has 4 nitrogen and oxygen atoms in total. The zero-order valence-electron chi connectivity index (χ0n) is 18.6. The summed E-state index contributed by atoms with van der Waals surface area (Å²) in [6, 6.07) is 2.11. The van der Waals surface area contributed by atoms with Crippen molar-refractivity contribution in [2.45, 2.75) is 46.0 Å². The molecule has 4 heteroatoms. The molecule has 0 aromatic carbocycles. The van der Waals surface area contributed by atoms with Crippen LogP contribution in [0.3, 0.4) is 0 Å². The summed E-state index contributed by atoms with van der Waals surface area (Å²) in [5.41, 5.74) is 5.75. The lowest BCUT2D eigenvalue weighted by Crippen LogP contribution is -2.46. The Morgan fingerprint density at radius 2 is 2.00 bits per heavy atom. The molecule has 0 radical (unpaired) electrons. The van der Waals surface area contributed by atoms with E-state index in [4.69, 9.17) is 4.74 Å². The van der Waals surface area contributed by atoms with Crippen LogP contribution in [0.15, 0.2) is 47.8 Å². The minimum atomic E-state index is 0.0735. The van der Waals surface area contributed by atoms with Gasteiger partial charge >= 0.3 is 0 Å². The van der Waals surface area contributed by atoms with Crippen LogP contribution in [0.5, 0.6) is 5.75 Å². The van der Waals surface area contributed by atoms with Crippen LogP contribution < -0.4 is 4.74 Å². The lowest BCUT2D eigenvalue weighted by atomic mass is 9.49. The van der Waals surface area contributed by atoms with E-state index in [9.17, 15) is 4.79 Å². The fourth-order valence-corrected chi connectivity index (χ4v) is 6.77. The Morgan fingerprint density at radius 3 is 2.80 bits per heavy atom. The number of rotatable bonds is 2. The molecule has 1 aromatic rings. The largest absolute Gasteiger partial charge is 0.495 e. The number of carbonyl (C=O) groups is 1. The van der Waals surface area contributed by atoms with Crippen molar-refractivity contribution in [1.29, 1.82) is 0 Å². The van der Waals surface area contributed by atoms with Crippen molar-refractivity contribution in [3.8, 4) is 5.75 Å². The second kappa shape index (κ2) is 6.83. The SMILES string of the molecule is COc1cncc(C2=CC=C3C4CCC5=CC(=O)N(C)CCC5(C)C4CCC23C)c1. The van der Waals surface area contributed by atoms with E-state index >= 15 is 0 Å². The molecule has 2 fully saturated rings. The number of methoxy groups -OCH3 is 1. The van der Waals surface area contributed by atoms with Gasteiger partial charge in [0.15, 0.2) is 0 Å². The highest BCUT2D eigenvalue weighted by Crippen LogP contribution is 2.64. The minimum Gasteiger partial charge on any atom is -0.495 e. The maximum absolute atomic E-state index is 12.5.